The molecule has 2 unspecified atom stereocenters. The number of nitrogens with one attached hydrogen (secondary N) is 1. The summed E-state index contributed by atoms with van der Waals surface area (Å²) in [5.41, 5.74) is 0.538. The highest BCUT2D eigenvalue weighted by atomic mass is 16.5. The smallest absolute Gasteiger partial charge is 0.220 e. The van der Waals surface area contributed by atoms with Crippen molar-refractivity contribution in [3.63, 3.8) is 0 Å². The van der Waals surface area contributed by atoms with Gasteiger partial charge in [-0.15, -0.1) is 0 Å². The molecule has 140 valence electrons. The highest BCUT2D eigenvalue weighted by Crippen LogP contribution is 2.48. The van der Waals surface area contributed by atoms with E-state index in [0.717, 1.165) is 0 Å². The lowest BCUT2D eigenvalue weighted by Gasteiger charge is -2.28. The van der Waals surface area contributed by atoms with Crippen molar-refractivity contribution in [1.82, 2.24) is 5.32 Å². The van der Waals surface area contributed by atoms with Gasteiger partial charge in [0.25, 0.3) is 0 Å². The SMILES string of the molecule is O=C1CCC(c2c(O)cc3c(c2O)C(=O)CC(c2ccc(O)c(O)c2)O3)N1. The van der Waals surface area contributed by atoms with Crippen LogP contribution in [0.25, 0.3) is 0 Å². The lowest BCUT2D eigenvalue weighted by atomic mass is 9.91. The number of phenolic OH excluding ortho intramolecular Hbond substituents is 4. The number of ether oxygens (including phenoxy) is 1. The van der Waals surface area contributed by atoms with Gasteiger partial charge in [0.05, 0.1) is 18.0 Å². The van der Waals surface area contributed by atoms with E-state index in [1.54, 1.807) is 0 Å². The molecule has 2 aromatic carbocycles. The Bertz CT molecular complexity index is 969. The number of benzene rings is 2. The number of phenols is 4. The first-order valence-corrected chi connectivity index (χ1v) is 8.45. The zero-order valence-electron chi connectivity index (χ0n) is 14.1. The predicted octanol–water partition coefficient (Wildman–Crippen LogP) is 2.17. The topological polar surface area (TPSA) is 136 Å². The standard InChI is InChI=1S/C19H17NO7/c21-10-3-1-8(5-11(10)22)14-6-13(24)18-15(27-14)7-12(23)17(19(18)26)9-2-4-16(25)20-9/h1,3,5,7,9,14,21-23,26H,2,4,6H2,(H,20,25). The van der Waals surface area contributed by atoms with Crippen molar-refractivity contribution >= 4 is 11.7 Å². The molecule has 2 atom stereocenters. The summed E-state index contributed by atoms with van der Waals surface area (Å²) in [5, 5.41) is 42.7. The van der Waals surface area contributed by atoms with Crippen molar-refractivity contribution in [1.29, 1.82) is 0 Å². The van der Waals surface area contributed by atoms with Crippen LogP contribution in [-0.4, -0.2) is 32.1 Å². The van der Waals surface area contributed by atoms with Gasteiger partial charge in [0.1, 0.15) is 28.9 Å². The second kappa shape index (κ2) is 6.08. The summed E-state index contributed by atoms with van der Waals surface area (Å²) in [6.45, 7) is 0. The van der Waals surface area contributed by atoms with Crippen LogP contribution in [0.2, 0.25) is 0 Å². The van der Waals surface area contributed by atoms with E-state index in [-0.39, 0.29) is 52.9 Å². The molecule has 0 aromatic heterocycles. The van der Waals surface area contributed by atoms with Crippen molar-refractivity contribution in [3.05, 3.63) is 41.0 Å². The Kier molecular flexibility index (Phi) is 3.83. The van der Waals surface area contributed by atoms with Crippen LogP contribution in [0.15, 0.2) is 24.3 Å². The molecule has 0 radical (unpaired) electrons. The normalized spacial score (nSPS) is 21.5. The van der Waals surface area contributed by atoms with Crippen molar-refractivity contribution in [2.75, 3.05) is 0 Å². The second-order valence-electron chi connectivity index (χ2n) is 6.67. The van der Waals surface area contributed by atoms with E-state index in [1.807, 2.05) is 0 Å². The Morgan fingerprint density at radius 3 is 2.44 bits per heavy atom. The average Bonchev–Trinajstić information content (AvgIpc) is 3.02. The number of ketones is 1. The van der Waals surface area contributed by atoms with Crippen molar-refractivity contribution in [3.8, 4) is 28.7 Å². The van der Waals surface area contributed by atoms with Crippen LogP contribution >= 0.6 is 0 Å². The van der Waals surface area contributed by atoms with Gasteiger partial charge in [-0.1, -0.05) is 6.07 Å². The number of rotatable bonds is 2. The van der Waals surface area contributed by atoms with Crippen LogP contribution in [0.3, 0.4) is 0 Å². The monoisotopic (exact) mass is 371 g/mol. The molecule has 2 aliphatic rings. The lowest BCUT2D eigenvalue weighted by molar-refractivity contribution is -0.119. The summed E-state index contributed by atoms with van der Waals surface area (Å²) in [4.78, 5) is 24.1. The molecule has 0 spiro atoms. The van der Waals surface area contributed by atoms with Crippen LogP contribution in [0.1, 0.15) is 52.9 Å². The zero-order valence-corrected chi connectivity index (χ0v) is 14.1. The molecule has 0 aliphatic carbocycles. The van der Waals surface area contributed by atoms with Crippen molar-refractivity contribution < 1.29 is 34.8 Å². The maximum Gasteiger partial charge on any atom is 0.220 e. The van der Waals surface area contributed by atoms with Crippen LogP contribution in [0, 0.1) is 0 Å². The summed E-state index contributed by atoms with van der Waals surface area (Å²) in [7, 11) is 0. The average molecular weight is 371 g/mol. The molecule has 2 aromatic rings. The van der Waals surface area contributed by atoms with Gasteiger partial charge in [-0.05, 0) is 24.1 Å². The summed E-state index contributed by atoms with van der Waals surface area (Å²) in [5.74, 6) is -1.86. The Morgan fingerprint density at radius 1 is 1.00 bits per heavy atom. The fourth-order valence-electron chi connectivity index (χ4n) is 3.58. The molecule has 8 heteroatoms. The summed E-state index contributed by atoms with van der Waals surface area (Å²) < 4.78 is 5.76. The van der Waals surface area contributed by atoms with Gasteiger partial charge in [-0.2, -0.15) is 0 Å². The number of aromatic hydroxyl groups is 4. The van der Waals surface area contributed by atoms with Crippen molar-refractivity contribution in [2.45, 2.75) is 31.4 Å². The van der Waals surface area contributed by atoms with E-state index < -0.39 is 23.7 Å². The van der Waals surface area contributed by atoms with Gasteiger partial charge in [-0.3, -0.25) is 9.59 Å². The Morgan fingerprint density at radius 2 is 1.78 bits per heavy atom. The van der Waals surface area contributed by atoms with Gasteiger partial charge >= 0.3 is 0 Å². The van der Waals surface area contributed by atoms with E-state index in [2.05, 4.69) is 5.32 Å². The fourth-order valence-corrected chi connectivity index (χ4v) is 3.58. The maximum absolute atomic E-state index is 12.7. The molecule has 5 N–H and O–H groups in total. The quantitative estimate of drug-likeness (QED) is 0.510. The Hall–Kier alpha value is -3.42. The minimum atomic E-state index is -0.743. The van der Waals surface area contributed by atoms with Gasteiger partial charge < -0.3 is 30.5 Å². The third-order valence-corrected chi connectivity index (χ3v) is 4.92. The van der Waals surface area contributed by atoms with E-state index in [9.17, 15) is 30.0 Å². The molecule has 27 heavy (non-hydrogen) atoms. The molecule has 2 aliphatic heterocycles. The number of carbonyl (C=O) groups excluding carboxylic acids is 2. The van der Waals surface area contributed by atoms with Crippen LogP contribution < -0.4 is 10.1 Å². The van der Waals surface area contributed by atoms with Crippen LogP contribution in [-0.2, 0) is 4.79 Å². The minimum absolute atomic E-state index is 0.0203. The molecule has 1 saturated heterocycles. The number of Topliss-reactive ketones (excluding diaryl/α,β-unsaturated/α-hetero) is 1. The molecule has 2 heterocycles. The summed E-state index contributed by atoms with van der Waals surface area (Å²) >= 11 is 0. The number of amides is 1. The van der Waals surface area contributed by atoms with E-state index in [0.29, 0.717) is 12.0 Å². The van der Waals surface area contributed by atoms with E-state index in [1.165, 1.54) is 24.3 Å². The van der Waals surface area contributed by atoms with Gasteiger partial charge in [0.2, 0.25) is 5.91 Å². The second-order valence-corrected chi connectivity index (χ2v) is 6.67. The summed E-state index contributed by atoms with van der Waals surface area (Å²) in [6.07, 6.45) is -0.153. The Labute approximate surface area is 153 Å². The molecule has 0 bridgehead atoms. The van der Waals surface area contributed by atoms with Crippen LogP contribution in [0.5, 0.6) is 28.7 Å². The maximum atomic E-state index is 12.7. The minimum Gasteiger partial charge on any atom is -0.507 e. The molecule has 1 amide bonds. The number of hydrogen-bond acceptors (Lipinski definition) is 7. The van der Waals surface area contributed by atoms with E-state index >= 15 is 0 Å². The molecule has 4 rings (SSSR count). The first-order valence-electron chi connectivity index (χ1n) is 8.45. The van der Waals surface area contributed by atoms with Gasteiger partial charge in [-0.25, -0.2) is 0 Å². The molecular weight excluding hydrogens is 354 g/mol. The number of hydrogen-bond donors (Lipinski definition) is 5. The molecule has 0 saturated carbocycles. The molecule has 1 fully saturated rings. The first kappa shape index (κ1) is 17.0. The number of fused-ring (bicyclic) bond motifs is 1. The van der Waals surface area contributed by atoms with Crippen LogP contribution in [0.4, 0.5) is 0 Å². The van der Waals surface area contributed by atoms with Gasteiger partial charge in [0.15, 0.2) is 17.3 Å². The number of carbonyl (C=O) groups is 2. The molecular formula is C19H17NO7. The first-order chi connectivity index (χ1) is 12.8. The summed E-state index contributed by atoms with van der Waals surface area (Å²) in [6, 6.07) is 4.77. The largest absolute Gasteiger partial charge is 0.507 e. The zero-order chi connectivity index (χ0) is 19.3. The molecule has 8 nitrogen and oxygen atoms in total. The highest BCUT2D eigenvalue weighted by Gasteiger charge is 2.36. The highest BCUT2D eigenvalue weighted by molar-refractivity contribution is 6.03. The third-order valence-electron chi connectivity index (χ3n) is 4.92. The fraction of sp³-hybridized carbons (Fsp3) is 0.263. The van der Waals surface area contributed by atoms with Crippen molar-refractivity contribution in [2.24, 2.45) is 0 Å². The predicted molar refractivity (Wildman–Crippen MR) is 92.0 cm³/mol. The third kappa shape index (κ3) is 2.79. The van der Waals surface area contributed by atoms with Gasteiger partial charge in [0, 0.05) is 12.5 Å². The lowest BCUT2D eigenvalue weighted by Crippen LogP contribution is -2.23. The Balaban J connectivity index is 1.72. The van der Waals surface area contributed by atoms with E-state index in [4.69, 9.17) is 4.74 Å².